The van der Waals surface area contributed by atoms with Crippen LogP contribution in [0.2, 0.25) is 0 Å². The van der Waals surface area contributed by atoms with E-state index < -0.39 is 0 Å². The van der Waals surface area contributed by atoms with Gasteiger partial charge in [-0.3, -0.25) is 9.59 Å². The number of hydrogen-bond donors (Lipinski definition) is 0. The first-order valence-corrected chi connectivity index (χ1v) is 7.44. The van der Waals surface area contributed by atoms with E-state index in [0.29, 0.717) is 0 Å². The van der Waals surface area contributed by atoms with Gasteiger partial charge in [0.25, 0.3) is 0 Å². The molecule has 0 N–H and O–H groups in total. The second-order valence-corrected chi connectivity index (χ2v) is 5.29. The Morgan fingerprint density at radius 2 is 0.909 bits per heavy atom. The van der Waals surface area contributed by atoms with Gasteiger partial charge in [0.1, 0.15) is 0 Å². The maximum atomic E-state index is 12.1. The highest BCUT2D eigenvalue weighted by Gasteiger charge is 2.19. The molecule has 0 atom stereocenters. The molecule has 0 unspecified atom stereocenters. The number of piperazine rings is 1. The number of anilines is 2. The van der Waals surface area contributed by atoms with Crippen LogP contribution in [0, 0.1) is 0 Å². The van der Waals surface area contributed by atoms with E-state index in [-0.39, 0.29) is 10.9 Å². The first kappa shape index (κ1) is 14.3. The lowest BCUT2D eigenvalue weighted by atomic mass is 10.2. The molecule has 0 aromatic heterocycles. The summed E-state index contributed by atoms with van der Waals surface area (Å²) in [6.07, 6.45) is 0. The third-order valence-corrected chi connectivity index (χ3v) is 3.91. The Balaban J connectivity index is 1.79. The molecule has 2 aromatic carbocycles. The summed E-state index contributed by atoms with van der Waals surface area (Å²) >= 11 is 0. The van der Waals surface area contributed by atoms with Crippen molar-refractivity contribution in [3.63, 3.8) is 0 Å². The largest absolute Gasteiger partial charge is 0.365 e. The molecule has 1 fully saturated rings. The predicted molar refractivity (Wildman–Crippen MR) is 89.9 cm³/mol. The zero-order valence-electron chi connectivity index (χ0n) is 12.3. The minimum absolute atomic E-state index is 0.0362. The molecule has 3 rings (SSSR count). The minimum Gasteiger partial charge on any atom is -0.365 e. The lowest BCUT2D eigenvalue weighted by molar-refractivity contribution is 0.651. The Kier molecular flexibility index (Phi) is 4.19. The van der Waals surface area contributed by atoms with Gasteiger partial charge < -0.3 is 9.80 Å². The van der Waals surface area contributed by atoms with Crippen LogP contribution < -0.4 is 20.7 Å². The molecule has 4 heteroatoms. The lowest BCUT2D eigenvalue weighted by Gasteiger charge is -2.36. The van der Waals surface area contributed by atoms with Crippen molar-refractivity contribution < 1.29 is 0 Å². The first-order valence-electron chi connectivity index (χ1n) is 7.44. The van der Waals surface area contributed by atoms with E-state index >= 15 is 0 Å². The molecule has 1 heterocycles. The van der Waals surface area contributed by atoms with Crippen molar-refractivity contribution in [2.24, 2.45) is 0 Å². The molecular formula is C18H18N2O2. The van der Waals surface area contributed by atoms with Gasteiger partial charge in [-0.1, -0.05) is 36.4 Å². The van der Waals surface area contributed by atoms with Gasteiger partial charge in [0.15, 0.2) is 0 Å². The average Bonchev–Trinajstić information content (AvgIpc) is 2.88. The van der Waals surface area contributed by atoms with Crippen LogP contribution in [0.4, 0.5) is 11.4 Å². The number of nitrogens with zero attached hydrogens (tertiary/aromatic N) is 2. The zero-order chi connectivity index (χ0) is 15.4. The molecule has 1 saturated heterocycles. The van der Waals surface area contributed by atoms with E-state index in [1.54, 1.807) is 24.3 Å². The molecule has 4 nitrogen and oxygen atoms in total. The van der Waals surface area contributed by atoms with E-state index in [2.05, 4.69) is 9.80 Å². The Bertz CT molecular complexity index is 701. The molecular weight excluding hydrogens is 276 g/mol. The van der Waals surface area contributed by atoms with Crippen LogP contribution >= 0.6 is 0 Å². The van der Waals surface area contributed by atoms with Crippen LogP contribution in [-0.2, 0) is 0 Å². The van der Waals surface area contributed by atoms with Crippen molar-refractivity contribution >= 4 is 11.4 Å². The summed E-state index contributed by atoms with van der Waals surface area (Å²) < 4.78 is 0. The van der Waals surface area contributed by atoms with Crippen molar-refractivity contribution in [1.82, 2.24) is 0 Å². The highest BCUT2D eigenvalue weighted by atomic mass is 16.1. The molecule has 0 amide bonds. The Morgan fingerprint density at radius 1 is 0.545 bits per heavy atom. The van der Waals surface area contributed by atoms with Crippen LogP contribution in [-0.4, -0.2) is 26.2 Å². The first-order chi connectivity index (χ1) is 10.8. The second kappa shape index (κ2) is 6.43. The lowest BCUT2D eigenvalue weighted by Crippen LogP contribution is -2.48. The molecule has 0 saturated carbocycles. The second-order valence-electron chi connectivity index (χ2n) is 5.29. The fourth-order valence-corrected chi connectivity index (χ4v) is 2.75. The smallest absolute Gasteiger partial charge is 0.201 e. The minimum atomic E-state index is 0.0362. The highest BCUT2D eigenvalue weighted by molar-refractivity contribution is 5.50. The summed E-state index contributed by atoms with van der Waals surface area (Å²) in [6, 6.07) is 17.9. The fourth-order valence-electron chi connectivity index (χ4n) is 2.75. The SMILES string of the molecule is O=c1cccccc1N1CCN(c2cccccc2=O)CC1. The quantitative estimate of drug-likeness (QED) is 0.846. The summed E-state index contributed by atoms with van der Waals surface area (Å²) in [5, 5.41) is 0. The van der Waals surface area contributed by atoms with Crippen LogP contribution in [0.3, 0.4) is 0 Å². The van der Waals surface area contributed by atoms with E-state index in [1.807, 2.05) is 36.4 Å². The topological polar surface area (TPSA) is 40.6 Å². The molecule has 112 valence electrons. The maximum Gasteiger partial charge on any atom is 0.201 e. The predicted octanol–water partition coefficient (Wildman–Crippen LogP) is 1.73. The van der Waals surface area contributed by atoms with Gasteiger partial charge in [0, 0.05) is 26.2 Å². The van der Waals surface area contributed by atoms with E-state index in [0.717, 1.165) is 37.6 Å². The van der Waals surface area contributed by atoms with Gasteiger partial charge in [-0.2, -0.15) is 0 Å². The standard InChI is InChI=1S/C18H18N2O2/c21-17-9-5-1-3-7-15(17)19-11-13-20(14-12-19)16-8-4-2-6-10-18(16)22/h1-10H,11-14H2. The van der Waals surface area contributed by atoms with Gasteiger partial charge in [-0.05, 0) is 24.3 Å². The molecule has 1 aliphatic heterocycles. The van der Waals surface area contributed by atoms with Crippen molar-refractivity contribution in [1.29, 1.82) is 0 Å². The van der Waals surface area contributed by atoms with E-state index in [9.17, 15) is 9.59 Å². The molecule has 2 aromatic rings. The molecule has 0 radical (unpaired) electrons. The Labute approximate surface area is 129 Å². The summed E-state index contributed by atoms with van der Waals surface area (Å²) in [5.41, 5.74) is 1.53. The summed E-state index contributed by atoms with van der Waals surface area (Å²) in [6.45, 7) is 2.93. The van der Waals surface area contributed by atoms with E-state index in [4.69, 9.17) is 0 Å². The maximum absolute atomic E-state index is 12.1. The van der Waals surface area contributed by atoms with Crippen LogP contribution in [0.25, 0.3) is 0 Å². The van der Waals surface area contributed by atoms with Gasteiger partial charge in [-0.15, -0.1) is 0 Å². The van der Waals surface area contributed by atoms with Gasteiger partial charge in [0.2, 0.25) is 10.9 Å². The van der Waals surface area contributed by atoms with Gasteiger partial charge in [-0.25, -0.2) is 0 Å². The summed E-state index contributed by atoms with van der Waals surface area (Å²) in [5.74, 6) is 0. The van der Waals surface area contributed by atoms with Crippen molar-refractivity contribution in [3.8, 4) is 0 Å². The van der Waals surface area contributed by atoms with Crippen molar-refractivity contribution in [2.75, 3.05) is 36.0 Å². The summed E-state index contributed by atoms with van der Waals surface area (Å²) in [4.78, 5) is 28.3. The third kappa shape index (κ3) is 3.01. The average molecular weight is 294 g/mol. The van der Waals surface area contributed by atoms with Crippen molar-refractivity contribution in [2.45, 2.75) is 0 Å². The molecule has 0 bridgehead atoms. The van der Waals surface area contributed by atoms with Crippen molar-refractivity contribution in [3.05, 3.63) is 81.1 Å². The molecule has 22 heavy (non-hydrogen) atoms. The third-order valence-electron chi connectivity index (χ3n) is 3.91. The Hall–Kier alpha value is -2.62. The van der Waals surface area contributed by atoms with Crippen LogP contribution in [0.1, 0.15) is 0 Å². The van der Waals surface area contributed by atoms with Gasteiger partial charge in [0.05, 0.1) is 11.4 Å². The highest BCUT2D eigenvalue weighted by Crippen LogP contribution is 2.14. The molecule has 0 spiro atoms. The molecule has 1 aliphatic rings. The normalized spacial score (nSPS) is 14.7. The number of rotatable bonds is 2. The Morgan fingerprint density at radius 3 is 1.32 bits per heavy atom. The van der Waals surface area contributed by atoms with E-state index in [1.165, 1.54) is 0 Å². The summed E-state index contributed by atoms with van der Waals surface area (Å²) in [7, 11) is 0. The number of hydrogen-bond acceptors (Lipinski definition) is 4. The fraction of sp³-hybridized carbons (Fsp3) is 0.222. The van der Waals surface area contributed by atoms with Crippen LogP contribution in [0.5, 0.6) is 0 Å². The monoisotopic (exact) mass is 294 g/mol. The van der Waals surface area contributed by atoms with Gasteiger partial charge >= 0.3 is 0 Å². The molecule has 0 aliphatic carbocycles. The zero-order valence-corrected chi connectivity index (χ0v) is 12.3. The van der Waals surface area contributed by atoms with Crippen LogP contribution in [0.15, 0.2) is 70.3 Å².